The molecule has 3 fully saturated rings. The lowest BCUT2D eigenvalue weighted by Crippen LogP contribution is -2.61. The van der Waals surface area contributed by atoms with E-state index in [0.29, 0.717) is 44.0 Å². The number of hydrogen-bond donors (Lipinski definition) is 4. The van der Waals surface area contributed by atoms with Crippen LogP contribution in [0.2, 0.25) is 0 Å². The van der Waals surface area contributed by atoms with E-state index in [0.717, 1.165) is 40.1 Å². The highest BCUT2D eigenvalue weighted by atomic mass is 16.6. The summed E-state index contributed by atoms with van der Waals surface area (Å²) >= 11 is 0. The van der Waals surface area contributed by atoms with Crippen LogP contribution in [0, 0.1) is 5.41 Å². The second kappa shape index (κ2) is 11.2. The van der Waals surface area contributed by atoms with Crippen LogP contribution in [0.15, 0.2) is 66.5 Å². The van der Waals surface area contributed by atoms with E-state index in [-0.39, 0.29) is 12.0 Å². The van der Waals surface area contributed by atoms with Gasteiger partial charge in [0, 0.05) is 24.9 Å². The van der Waals surface area contributed by atoms with E-state index < -0.39 is 41.1 Å². The Morgan fingerprint density at radius 3 is 1.73 bits per heavy atom. The summed E-state index contributed by atoms with van der Waals surface area (Å²) in [5.41, 5.74) is 12.7. The number of nitrogens with two attached hydrogens (primary N) is 2. The van der Waals surface area contributed by atoms with Gasteiger partial charge in [0.15, 0.2) is 0 Å². The van der Waals surface area contributed by atoms with Gasteiger partial charge >= 0.3 is 12.2 Å². The lowest BCUT2D eigenvalue weighted by atomic mass is 9.81. The molecule has 10 bridgehead atoms. The van der Waals surface area contributed by atoms with Crippen molar-refractivity contribution in [3.63, 3.8) is 0 Å². The van der Waals surface area contributed by atoms with Crippen LogP contribution < -0.4 is 11.5 Å². The van der Waals surface area contributed by atoms with Crippen molar-refractivity contribution in [2.24, 2.45) is 16.9 Å². The summed E-state index contributed by atoms with van der Waals surface area (Å²) < 4.78 is 12.3. The summed E-state index contributed by atoms with van der Waals surface area (Å²) in [6.07, 6.45) is 4.21. The number of nitrogens with zero attached hydrogens (tertiary/aromatic N) is 4. The number of nitrogens with one attached hydrogen (secondary N) is 2. The fourth-order valence-electron chi connectivity index (χ4n) is 8.94. The first-order valence-electron chi connectivity index (χ1n) is 16.6. The predicted octanol–water partition coefficient (Wildman–Crippen LogP) is 5.19. The Balaban J connectivity index is 1.37. The van der Waals surface area contributed by atoms with E-state index in [2.05, 4.69) is 40.2 Å². The Bertz CT molecular complexity index is 2000. The molecule has 0 radical (unpaired) electrons. The third-order valence-electron chi connectivity index (χ3n) is 10.9. The number of fused-ring (bicyclic) bond motifs is 2. The van der Waals surface area contributed by atoms with Crippen molar-refractivity contribution in [1.29, 1.82) is 0 Å². The number of ether oxygens (including phenoxy) is 2. The summed E-state index contributed by atoms with van der Waals surface area (Å²) in [4.78, 5) is 59.8. The van der Waals surface area contributed by atoms with Crippen molar-refractivity contribution in [1.82, 2.24) is 29.7 Å². The Kier molecular flexibility index (Phi) is 7.07. The fraction of sp³-hybridized carbons (Fsp3) is 0.389. The van der Waals surface area contributed by atoms with E-state index in [1.807, 2.05) is 47.9 Å². The molecule has 49 heavy (non-hydrogen) atoms. The van der Waals surface area contributed by atoms with Gasteiger partial charge in [-0.15, -0.1) is 0 Å². The van der Waals surface area contributed by atoms with Crippen LogP contribution in [0.3, 0.4) is 0 Å². The van der Waals surface area contributed by atoms with Crippen molar-refractivity contribution in [3.05, 3.63) is 78.1 Å². The van der Waals surface area contributed by atoms with Gasteiger partial charge in [0.25, 0.3) is 0 Å². The molecule has 6 N–H and O–H groups in total. The monoisotopic (exact) mass is 662 g/mol. The molecule has 10 rings (SSSR count). The first kappa shape index (κ1) is 31.1. The maximum absolute atomic E-state index is 13.5. The summed E-state index contributed by atoms with van der Waals surface area (Å²) in [5, 5.41) is 0. The highest BCUT2D eigenvalue weighted by Gasteiger charge is 2.74. The lowest BCUT2D eigenvalue weighted by Gasteiger charge is -2.48. The molecule has 2 aromatic heterocycles. The van der Waals surface area contributed by atoms with Crippen molar-refractivity contribution in [2.45, 2.75) is 69.5 Å². The number of aromatic amines is 2. The molecule has 252 valence electrons. The van der Waals surface area contributed by atoms with Gasteiger partial charge in [0.05, 0.1) is 35.9 Å². The second-order valence-electron chi connectivity index (χ2n) is 14.0. The topological polar surface area (TPSA) is 186 Å². The maximum atomic E-state index is 13.5. The maximum Gasteiger partial charge on any atom is 0.406 e. The van der Waals surface area contributed by atoms with Gasteiger partial charge in [-0.1, -0.05) is 62.4 Å². The average molecular weight is 663 g/mol. The zero-order valence-corrected chi connectivity index (χ0v) is 27.4. The zero-order valence-electron chi connectivity index (χ0n) is 27.4. The molecule has 2 amide bonds. The van der Waals surface area contributed by atoms with Gasteiger partial charge in [0.2, 0.25) is 11.4 Å². The molecule has 4 aromatic rings. The molecule has 13 nitrogen and oxygen atoms in total. The van der Waals surface area contributed by atoms with E-state index in [9.17, 15) is 14.4 Å². The van der Waals surface area contributed by atoms with Gasteiger partial charge < -0.3 is 30.9 Å². The number of H-pyrrole nitrogens is 2. The quantitative estimate of drug-likeness (QED) is 0.210. The smallest absolute Gasteiger partial charge is 0.406 e. The molecular weight excluding hydrogens is 624 g/mol. The summed E-state index contributed by atoms with van der Waals surface area (Å²) in [6.45, 7) is 4.63. The van der Waals surface area contributed by atoms with Crippen LogP contribution >= 0.6 is 0 Å². The van der Waals surface area contributed by atoms with Gasteiger partial charge in [-0.05, 0) is 47.9 Å². The number of hydrogen-bond acceptors (Lipinski definition) is 9. The Labute approximate surface area is 282 Å². The molecule has 5 aliphatic heterocycles. The third-order valence-corrected chi connectivity index (χ3v) is 10.9. The molecule has 6 aliphatic rings. The molecule has 13 heteroatoms. The Hall–Kier alpha value is -5.23. The number of amides is 2. The third kappa shape index (κ3) is 4.64. The zero-order chi connectivity index (χ0) is 34.1. The summed E-state index contributed by atoms with van der Waals surface area (Å²) in [6, 6.07) is 15.7. The predicted molar refractivity (Wildman–Crippen MR) is 179 cm³/mol. The molecule has 1 saturated carbocycles. The van der Waals surface area contributed by atoms with Crippen LogP contribution in [0.5, 0.6) is 0 Å². The number of carbonyl (C=O) groups excluding carboxylic acids is 3. The molecular formula is C36H38N8O5. The van der Waals surface area contributed by atoms with Crippen LogP contribution in [-0.4, -0.2) is 72.4 Å². The largest absolute Gasteiger partial charge is 0.423 e. The molecule has 4 atom stereocenters. The van der Waals surface area contributed by atoms with Gasteiger partial charge in [-0.25, -0.2) is 24.4 Å². The average Bonchev–Trinajstić information content (AvgIpc) is 3.90. The minimum Gasteiger partial charge on any atom is -0.423 e. The molecule has 0 spiro atoms. The second-order valence-corrected chi connectivity index (χ2v) is 14.0. The SMILES string of the molecule is CC1(C)C[C@@]2(OC(N)=O)C(=C=O)[C@]1(OC(N)=O)N1CCCC1c1ncc([nH]1)-c1ccc(cc1)-c1ccc(cc1)-c1cnc([nH]1)C1CCCN12. The molecule has 2 unspecified atom stereocenters. The summed E-state index contributed by atoms with van der Waals surface area (Å²) in [7, 11) is 0. The number of imidazole rings is 2. The molecule has 2 aromatic carbocycles. The number of aromatic nitrogens is 4. The van der Waals surface area contributed by atoms with Gasteiger partial charge in [-0.2, -0.15) is 0 Å². The highest BCUT2D eigenvalue weighted by molar-refractivity contribution is 5.74. The molecule has 2 saturated heterocycles. The van der Waals surface area contributed by atoms with Crippen LogP contribution in [0.4, 0.5) is 9.59 Å². The van der Waals surface area contributed by atoms with Crippen LogP contribution in [0.1, 0.15) is 69.7 Å². The normalized spacial score (nSPS) is 27.3. The number of benzene rings is 2. The Morgan fingerprint density at radius 2 is 1.24 bits per heavy atom. The first-order valence-corrected chi connectivity index (χ1v) is 16.6. The number of rotatable bonds is 2. The van der Waals surface area contributed by atoms with Crippen molar-refractivity contribution < 1.29 is 23.9 Å². The minimum atomic E-state index is -1.77. The van der Waals surface area contributed by atoms with E-state index in [1.165, 1.54) is 0 Å². The molecule has 7 heterocycles. The van der Waals surface area contributed by atoms with Crippen molar-refractivity contribution in [3.8, 4) is 33.6 Å². The number of carbonyl (C=O) groups is 2. The van der Waals surface area contributed by atoms with Crippen LogP contribution in [0.25, 0.3) is 33.6 Å². The highest BCUT2D eigenvalue weighted by Crippen LogP contribution is 2.63. The minimum absolute atomic E-state index is 0.0608. The summed E-state index contributed by atoms with van der Waals surface area (Å²) in [5.74, 6) is 3.42. The van der Waals surface area contributed by atoms with Crippen LogP contribution in [-0.2, 0) is 14.3 Å². The standard InChI is InChI=1S/C36H38N8O5/c1-34(2)20-35(48-32(37)46)29(19-45)36(34,49-33(38)47)44-16-4-6-28(44)31-40-18-26(42-31)24-13-9-22(10-14-24)21-7-11-23(12-8-21)25-17-39-30(41-25)27-5-3-15-43(27)35/h7-14,17-18,27-28H,3-6,15-16,20H2,1-2H3,(H2,37,46)(H2,38,47)(H,39,41)(H,40,42)/t27?,28?,35-,36-/m1/s1. The fourth-order valence-corrected chi connectivity index (χ4v) is 8.94. The number of primary amides is 2. The van der Waals surface area contributed by atoms with Crippen molar-refractivity contribution in [2.75, 3.05) is 13.1 Å². The van der Waals surface area contributed by atoms with Crippen molar-refractivity contribution >= 4 is 18.1 Å². The van der Waals surface area contributed by atoms with E-state index in [1.54, 1.807) is 12.4 Å². The molecule has 1 aliphatic carbocycles. The van der Waals surface area contributed by atoms with Gasteiger partial charge in [0.1, 0.15) is 23.2 Å². The van der Waals surface area contributed by atoms with E-state index in [4.69, 9.17) is 30.9 Å². The van der Waals surface area contributed by atoms with E-state index >= 15 is 0 Å². The Morgan fingerprint density at radius 1 is 0.776 bits per heavy atom. The lowest BCUT2D eigenvalue weighted by molar-refractivity contribution is -0.148. The first-order chi connectivity index (χ1) is 23.6. The van der Waals surface area contributed by atoms with Gasteiger partial charge in [-0.3, -0.25) is 9.80 Å².